The summed E-state index contributed by atoms with van der Waals surface area (Å²) in [5, 5.41) is 0.846. The molecule has 1 spiro atoms. The topological polar surface area (TPSA) is 23.6 Å². The molecule has 158 valence electrons. The Morgan fingerprint density at radius 3 is 2.40 bits per heavy atom. The van der Waals surface area contributed by atoms with E-state index in [1.54, 1.807) is 35.2 Å². The molecule has 1 fully saturated rings. The van der Waals surface area contributed by atoms with Crippen LogP contribution in [0, 0.1) is 5.82 Å². The van der Waals surface area contributed by atoms with Gasteiger partial charge in [-0.1, -0.05) is 34.9 Å². The van der Waals surface area contributed by atoms with Crippen LogP contribution in [0.25, 0.3) is 0 Å². The number of nitrogens with zero attached hydrogens (tertiary/aromatic N) is 2. The van der Waals surface area contributed by atoms with Crippen LogP contribution in [0.5, 0.6) is 0 Å². The summed E-state index contributed by atoms with van der Waals surface area (Å²) >= 11 is 12.2. The van der Waals surface area contributed by atoms with E-state index in [1.165, 1.54) is 11.6 Å². The molecule has 6 heteroatoms. The van der Waals surface area contributed by atoms with Crippen molar-refractivity contribution >= 4 is 34.8 Å². The molecule has 0 N–H and O–H groups in total. The van der Waals surface area contributed by atoms with E-state index in [4.69, 9.17) is 23.2 Å². The van der Waals surface area contributed by atoms with E-state index >= 15 is 0 Å². The predicted molar refractivity (Wildman–Crippen MR) is 121 cm³/mol. The van der Waals surface area contributed by atoms with Gasteiger partial charge in [0.15, 0.2) is 0 Å². The summed E-state index contributed by atoms with van der Waals surface area (Å²) in [7, 11) is 0. The lowest BCUT2D eigenvalue weighted by Gasteiger charge is -2.39. The number of hydrogen-bond donors (Lipinski definition) is 0. The van der Waals surface area contributed by atoms with Crippen LogP contribution in [-0.4, -0.2) is 37.0 Å². The minimum absolute atomic E-state index is 0.156. The molecule has 1 saturated heterocycles. The van der Waals surface area contributed by atoms with Gasteiger partial charge in [-0.3, -0.25) is 9.69 Å². The first-order chi connectivity index (χ1) is 14.3. The standard InChI is InChI=1S/C24H25Cl2FN2O/c1-16(2)5-8-28-9-6-24(7-10-28)15-29(22-4-3-20(27)14-21(22)24)23(30)17-11-18(25)13-19(26)12-17/h3-5,11-14H,6-10,15H2,1-2H3. The van der Waals surface area contributed by atoms with Crippen LogP contribution in [0.4, 0.5) is 10.1 Å². The first-order valence-electron chi connectivity index (χ1n) is 10.2. The maximum atomic E-state index is 14.2. The van der Waals surface area contributed by atoms with Crippen LogP contribution >= 0.6 is 23.2 Å². The van der Waals surface area contributed by atoms with Crippen molar-refractivity contribution in [2.75, 3.05) is 31.1 Å². The summed E-state index contributed by atoms with van der Waals surface area (Å²) in [5.41, 5.74) is 3.25. The highest BCUT2D eigenvalue weighted by Gasteiger charge is 2.46. The van der Waals surface area contributed by atoms with Crippen LogP contribution in [0.2, 0.25) is 10.0 Å². The van der Waals surface area contributed by atoms with Crippen molar-refractivity contribution in [1.82, 2.24) is 4.90 Å². The maximum absolute atomic E-state index is 14.2. The number of piperidine rings is 1. The van der Waals surface area contributed by atoms with Crippen LogP contribution in [0.15, 0.2) is 48.0 Å². The largest absolute Gasteiger partial charge is 0.307 e. The molecule has 2 aromatic carbocycles. The number of benzene rings is 2. The summed E-state index contributed by atoms with van der Waals surface area (Å²) < 4.78 is 14.2. The quantitative estimate of drug-likeness (QED) is 0.532. The molecular formula is C24H25Cl2FN2O. The van der Waals surface area contributed by atoms with Gasteiger partial charge in [-0.25, -0.2) is 4.39 Å². The minimum Gasteiger partial charge on any atom is -0.307 e. The van der Waals surface area contributed by atoms with Gasteiger partial charge in [0.05, 0.1) is 0 Å². The predicted octanol–water partition coefficient (Wildman–Crippen LogP) is 6.09. The molecule has 0 bridgehead atoms. The van der Waals surface area contributed by atoms with Crippen molar-refractivity contribution in [3.05, 3.63) is 75.0 Å². The molecular weight excluding hydrogens is 422 g/mol. The number of amides is 1. The molecule has 4 rings (SSSR count). The molecule has 0 radical (unpaired) electrons. The van der Waals surface area contributed by atoms with Gasteiger partial charge < -0.3 is 4.90 Å². The Hall–Kier alpha value is -1.88. The fourth-order valence-corrected chi connectivity index (χ4v) is 5.08. The number of likely N-dealkylation sites (tertiary alicyclic amines) is 1. The van der Waals surface area contributed by atoms with Crippen LogP contribution in [-0.2, 0) is 5.41 Å². The number of anilines is 1. The normalized spacial score (nSPS) is 17.8. The number of allylic oxidation sites excluding steroid dienone is 1. The second-order valence-corrected chi connectivity index (χ2v) is 9.45. The molecule has 0 aromatic heterocycles. The SMILES string of the molecule is CC(C)=CCN1CCC2(CC1)CN(C(=O)c1cc(Cl)cc(Cl)c1)c1ccc(F)cc12. The third-order valence-corrected chi connectivity index (χ3v) is 6.64. The molecule has 2 aliphatic heterocycles. The molecule has 2 aliphatic rings. The van der Waals surface area contributed by atoms with Gasteiger partial charge in [0, 0.05) is 39.8 Å². The molecule has 0 saturated carbocycles. The summed E-state index contributed by atoms with van der Waals surface area (Å²) in [6.07, 6.45) is 4.01. The Morgan fingerprint density at radius 2 is 1.77 bits per heavy atom. The Bertz CT molecular complexity index is 988. The Balaban J connectivity index is 1.63. The first-order valence-corrected chi connectivity index (χ1v) is 11.0. The van der Waals surface area contributed by atoms with Crippen molar-refractivity contribution in [3.8, 4) is 0 Å². The average Bonchev–Trinajstić information content (AvgIpc) is 2.99. The lowest BCUT2D eigenvalue weighted by atomic mass is 9.74. The lowest BCUT2D eigenvalue weighted by Crippen LogP contribution is -2.46. The van der Waals surface area contributed by atoms with Crippen LogP contribution in [0.1, 0.15) is 42.6 Å². The van der Waals surface area contributed by atoms with E-state index in [0.29, 0.717) is 22.2 Å². The highest BCUT2D eigenvalue weighted by atomic mass is 35.5. The number of carbonyl (C=O) groups is 1. The smallest absolute Gasteiger partial charge is 0.258 e. The fourth-order valence-electron chi connectivity index (χ4n) is 4.56. The van der Waals surface area contributed by atoms with E-state index in [-0.39, 0.29) is 17.1 Å². The van der Waals surface area contributed by atoms with Gasteiger partial charge in [0.1, 0.15) is 5.82 Å². The van der Waals surface area contributed by atoms with E-state index in [2.05, 4.69) is 24.8 Å². The Morgan fingerprint density at radius 1 is 1.10 bits per heavy atom. The Kier molecular flexibility index (Phi) is 5.93. The summed E-state index contributed by atoms with van der Waals surface area (Å²) in [6, 6.07) is 9.63. The monoisotopic (exact) mass is 446 g/mol. The third kappa shape index (κ3) is 4.14. The number of rotatable bonds is 3. The first kappa shape index (κ1) is 21.4. The van der Waals surface area contributed by atoms with Crippen molar-refractivity contribution in [2.45, 2.75) is 32.1 Å². The van der Waals surface area contributed by atoms with Gasteiger partial charge in [0.25, 0.3) is 5.91 Å². The van der Waals surface area contributed by atoms with E-state index < -0.39 is 0 Å². The summed E-state index contributed by atoms with van der Waals surface area (Å²) in [6.45, 7) is 7.53. The number of hydrogen-bond acceptors (Lipinski definition) is 2. The number of halogens is 3. The molecule has 30 heavy (non-hydrogen) atoms. The minimum atomic E-state index is -0.264. The summed E-state index contributed by atoms with van der Waals surface area (Å²) in [4.78, 5) is 17.5. The van der Waals surface area contributed by atoms with Crippen molar-refractivity contribution < 1.29 is 9.18 Å². The Labute approximate surface area is 187 Å². The average molecular weight is 447 g/mol. The molecule has 2 heterocycles. The van der Waals surface area contributed by atoms with Gasteiger partial charge in [-0.15, -0.1) is 0 Å². The zero-order chi connectivity index (χ0) is 21.5. The van der Waals surface area contributed by atoms with E-state index in [1.807, 2.05) is 0 Å². The van der Waals surface area contributed by atoms with Gasteiger partial charge >= 0.3 is 0 Å². The summed E-state index contributed by atoms with van der Waals surface area (Å²) in [5.74, 6) is -0.420. The van der Waals surface area contributed by atoms with Crippen LogP contribution < -0.4 is 4.90 Å². The third-order valence-electron chi connectivity index (χ3n) is 6.21. The lowest BCUT2D eigenvalue weighted by molar-refractivity contribution is 0.0977. The molecule has 0 unspecified atom stereocenters. The van der Waals surface area contributed by atoms with Gasteiger partial charge in [-0.05, 0) is 81.7 Å². The second kappa shape index (κ2) is 8.33. The fraction of sp³-hybridized carbons (Fsp3) is 0.375. The van der Waals surface area contributed by atoms with Crippen molar-refractivity contribution in [2.24, 2.45) is 0 Å². The number of fused-ring (bicyclic) bond motifs is 2. The zero-order valence-electron chi connectivity index (χ0n) is 17.2. The van der Waals surface area contributed by atoms with Crippen molar-refractivity contribution in [1.29, 1.82) is 0 Å². The molecule has 0 aliphatic carbocycles. The molecule has 0 atom stereocenters. The maximum Gasteiger partial charge on any atom is 0.258 e. The van der Waals surface area contributed by atoms with E-state index in [9.17, 15) is 9.18 Å². The van der Waals surface area contributed by atoms with Gasteiger partial charge in [0.2, 0.25) is 0 Å². The second-order valence-electron chi connectivity index (χ2n) is 8.57. The number of carbonyl (C=O) groups excluding carboxylic acids is 1. The zero-order valence-corrected chi connectivity index (χ0v) is 18.7. The van der Waals surface area contributed by atoms with E-state index in [0.717, 1.165) is 43.7 Å². The molecule has 1 amide bonds. The van der Waals surface area contributed by atoms with Gasteiger partial charge in [-0.2, -0.15) is 0 Å². The molecule has 3 nitrogen and oxygen atoms in total. The van der Waals surface area contributed by atoms with Crippen molar-refractivity contribution in [3.63, 3.8) is 0 Å². The highest BCUT2D eigenvalue weighted by molar-refractivity contribution is 6.35. The van der Waals surface area contributed by atoms with Crippen LogP contribution in [0.3, 0.4) is 0 Å². The highest BCUT2D eigenvalue weighted by Crippen LogP contribution is 2.47. The molecule has 2 aromatic rings.